The molecule has 0 heterocycles. The summed E-state index contributed by atoms with van der Waals surface area (Å²) in [5.74, 6) is 0.831. The summed E-state index contributed by atoms with van der Waals surface area (Å²) >= 11 is 1.59. The molecule has 110 valence electrons. The molecule has 0 aliphatic carbocycles. The number of aryl methyl sites for hydroxylation is 1. The van der Waals surface area contributed by atoms with E-state index in [2.05, 4.69) is 31.2 Å². The molecule has 0 saturated heterocycles. The first-order valence-corrected chi connectivity index (χ1v) is 7.97. The van der Waals surface area contributed by atoms with Gasteiger partial charge in [0.15, 0.2) is 0 Å². The van der Waals surface area contributed by atoms with Gasteiger partial charge < -0.3 is 9.53 Å². The zero-order valence-electron chi connectivity index (χ0n) is 12.4. The molecule has 0 radical (unpaired) electrons. The van der Waals surface area contributed by atoms with E-state index in [9.17, 15) is 4.79 Å². The van der Waals surface area contributed by atoms with Crippen LogP contribution in [0.15, 0.2) is 53.4 Å². The summed E-state index contributed by atoms with van der Waals surface area (Å²) in [6, 6.07) is 16.3. The standard InChI is InChI=1S/C18H20O2S/c1-3-14-4-6-15(7-5-14)12-18(13-19)21-17-10-8-16(20-2)9-11-17/h4-11,13,18H,3,12H2,1-2H3. The summed E-state index contributed by atoms with van der Waals surface area (Å²) in [6.45, 7) is 2.14. The van der Waals surface area contributed by atoms with Crippen molar-refractivity contribution in [1.29, 1.82) is 0 Å². The Morgan fingerprint density at radius 2 is 1.67 bits per heavy atom. The van der Waals surface area contributed by atoms with Crippen LogP contribution in [0.25, 0.3) is 0 Å². The summed E-state index contributed by atoms with van der Waals surface area (Å²) in [5, 5.41) is -0.0640. The van der Waals surface area contributed by atoms with E-state index >= 15 is 0 Å². The van der Waals surface area contributed by atoms with Crippen molar-refractivity contribution < 1.29 is 9.53 Å². The second-order valence-electron chi connectivity index (χ2n) is 4.84. The third-order valence-corrected chi connectivity index (χ3v) is 4.49. The van der Waals surface area contributed by atoms with Crippen molar-refractivity contribution in [3.05, 3.63) is 59.7 Å². The molecule has 2 rings (SSSR count). The number of ether oxygens (including phenoxy) is 1. The molecule has 0 N–H and O–H groups in total. The maximum absolute atomic E-state index is 11.3. The van der Waals surface area contributed by atoms with Crippen LogP contribution >= 0.6 is 11.8 Å². The van der Waals surface area contributed by atoms with Crippen LogP contribution in [0.5, 0.6) is 5.75 Å². The molecule has 2 nitrogen and oxygen atoms in total. The van der Waals surface area contributed by atoms with E-state index in [0.717, 1.165) is 29.8 Å². The molecule has 0 amide bonds. The van der Waals surface area contributed by atoms with E-state index in [0.29, 0.717) is 0 Å². The minimum Gasteiger partial charge on any atom is -0.497 e. The molecule has 3 heteroatoms. The lowest BCUT2D eigenvalue weighted by Gasteiger charge is -2.11. The lowest BCUT2D eigenvalue weighted by atomic mass is 10.1. The van der Waals surface area contributed by atoms with Gasteiger partial charge in [-0.15, -0.1) is 11.8 Å². The predicted octanol–water partition coefficient (Wildman–Crippen LogP) is 4.16. The van der Waals surface area contributed by atoms with Gasteiger partial charge in [0.1, 0.15) is 12.0 Å². The Hall–Kier alpha value is -1.74. The molecule has 0 saturated carbocycles. The number of carbonyl (C=O) groups excluding carboxylic acids is 1. The van der Waals surface area contributed by atoms with Gasteiger partial charge in [-0.2, -0.15) is 0 Å². The van der Waals surface area contributed by atoms with E-state index in [1.807, 2.05) is 24.3 Å². The number of carbonyl (C=O) groups is 1. The molecule has 21 heavy (non-hydrogen) atoms. The van der Waals surface area contributed by atoms with E-state index in [4.69, 9.17) is 4.74 Å². The Labute approximate surface area is 130 Å². The number of thioether (sulfide) groups is 1. The molecule has 0 spiro atoms. The Morgan fingerprint density at radius 1 is 1.05 bits per heavy atom. The third-order valence-electron chi connectivity index (χ3n) is 3.37. The molecule has 2 aromatic rings. The van der Waals surface area contributed by atoms with Crippen molar-refractivity contribution in [3.63, 3.8) is 0 Å². The molecule has 0 aliphatic heterocycles. The lowest BCUT2D eigenvalue weighted by Crippen LogP contribution is -2.08. The minimum atomic E-state index is -0.0640. The smallest absolute Gasteiger partial charge is 0.133 e. The SMILES string of the molecule is CCc1ccc(CC(C=O)Sc2ccc(OC)cc2)cc1. The molecule has 0 bridgehead atoms. The normalized spacial score (nSPS) is 11.9. The highest BCUT2D eigenvalue weighted by atomic mass is 32.2. The van der Waals surface area contributed by atoms with Crippen LogP contribution < -0.4 is 4.74 Å². The third kappa shape index (κ3) is 4.64. The summed E-state index contributed by atoms with van der Waals surface area (Å²) in [6.07, 6.45) is 2.82. The Kier molecular flexibility index (Phi) is 5.88. The summed E-state index contributed by atoms with van der Waals surface area (Å²) in [7, 11) is 1.65. The Bertz CT molecular complexity index is 511. The first-order valence-electron chi connectivity index (χ1n) is 7.09. The molecule has 0 fully saturated rings. The fourth-order valence-corrected chi connectivity index (χ4v) is 3.06. The Balaban J connectivity index is 1.99. The van der Waals surface area contributed by atoms with Crippen molar-refractivity contribution in [3.8, 4) is 5.75 Å². The van der Waals surface area contributed by atoms with Crippen molar-refractivity contribution in [2.75, 3.05) is 7.11 Å². The van der Waals surface area contributed by atoms with Gasteiger partial charge in [0, 0.05) is 4.90 Å². The summed E-state index contributed by atoms with van der Waals surface area (Å²) in [4.78, 5) is 12.4. The van der Waals surface area contributed by atoms with Crippen molar-refractivity contribution in [1.82, 2.24) is 0 Å². The zero-order chi connectivity index (χ0) is 15.1. The fourth-order valence-electron chi connectivity index (χ4n) is 2.09. The van der Waals surface area contributed by atoms with E-state index in [1.54, 1.807) is 18.9 Å². The van der Waals surface area contributed by atoms with E-state index in [1.165, 1.54) is 11.1 Å². The van der Waals surface area contributed by atoms with Gasteiger partial charge in [-0.3, -0.25) is 0 Å². The van der Waals surface area contributed by atoms with Gasteiger partial charge in [-0.1, -0.05) is 31.2 Å². The Morgan fingerprint density at radius 3 is 2.19 bits per heavy atom. The average molecular weight is 300 g/mol. The highest BCUT2D eigenvalue weighted by Crippen LogP contribution is 2.26. The van der Waals surface area contributed by atoms with Gasteiger partial charge in [0.05, 0.1) is 12.4 Å². The molecule has 1 unspecified atom stereocenters. The second kappa shape index (κ2) is 7.89. The monoisotopic (exact) mass is 300 g/mol. The quantitative estimate of drug-likeness (QED) is 0.567. The van der Waals surface area contributed by atoms with Gasteiger partial charge in [-0.25, -0.2) is 0 Å². The van der Waals surface area contributed by atoms with Crippen LogP contribution in [0.3, 0.4) is 0 Å². The van der Waals surface area contributed by atoms with E-state index < -0.39 is 0 Å². The number of hydrogen-bond acceptors (Lipinski definition) is 3. The molecule has 0 aromatic heterocycles. The van der Waals surface area contributed by atoms with Gasteiger partial charge >= 0.3 is 0 Å². The maximum Gasteiger partial charge on any atom is 0.133 e. The molecular weight excluding hydrogens is 280 g/mol. The van der Waals surface area contributed by atoms with Crippen LogP contribution in [0.1, 0.15) is 18.1 Å². The number of aldehydes is 1. The highest BCUT2D eigenvalue weighted by Gasteiger charge is 2.10. The van der Waals surface area contributed by atoms with Gasteiger partial charge in [0.25, 0.3) is 0 Å². The average Bonchev–Trinajstić information content (AvgIpc) is 2.55. The van der Waals surface area contributed by atoms with Crippen LogP contribution in [-0.2, 0) is 17.6 Å². The zero-order valence-corrected chi connectivity index (χ0v) is 13.2. The first kappa shape index (κ1) is 15.6. The predicted molar refractivity (Wildman–Crippen MR) is 88.2 cm³/mol. The largest absolute Gasteiger partial charge is 0.497 e. The molecule has 2 aromatic carbocycles. The number of benzene rings is 2. The first-order chi connectivity index (χ1) is 10.2. The van der Waals surface area contributed by atoms with Gasteiger partial charge in [-0.05, 0) is 48.2 Å². The number of rotatable bonds is 7. The van der Waals surface area contributed by atoms with Crippen LogP contribution in [0.2, 0.25) is 0 Å². The maximum atomic E-state index is 11.3. The van der Waals surface area contributed by atoms with E-state index in [-0.39, 0.29) is 5.25 Å². The lowest BCUT2D eigenvalue weighted by molar-refractivity contribution is -0.107. The molecule has 1 atom stereocenters. The second-order valence-corrected chi connectivity index (χ2v) is 6.15. The summed E-state index contributed by atoms with van der Waals surface area (Å²) < 4.78 is 5.14. The van der Waals surface area contributed by atoms with Crippen LogP contribution in [-0.4, -0.2) is 18.6 Å². The van der Waals surface area contributed by atoms with Crippen molar-refractivity contribution >= 4 is 18.0 Å². The highest BCUT2D eigenvalue weighted by molar-refractivity contribution is 8.00. The minimum absolute atomic E-state index is 0.0640. The fraction of sp³-hybridized carbons (Fsp3) is 0.278. The molecular formula is C18H20O2S. The van der Waals surface area contributed by atoms with Crippen LogP contribution in [0, 0.1) is 0 Å². The number of methoxy groups -OCH3 is 1. The topological polar surface area (TPSA) is 26.3 Å². The van der Waals surface area contributed by atoms with Gasteiger partial charge in [0.2, 0.25) is 0 Å². The molecule has 0 aliphatic rings. The summed E-state index contributed by atoms with van der Waals surface area (Å²) in [5.41, 5.74) is 2.52. The van der Waals surface area contributed by atoms with Crippen LogP contribution in [0.4, 0.5) is 0 Å². The number of hydrogen-bond donors (Lipinski definition) is 0. The van der Waals surface area contributed by atoms with Crippen molar-refractivity contribution in [2.45, 2.75) is 29.9 Å². The van der Waals surface area contributed by atoms with Crippen molar-refractivity contribution in [2.24, 2.45) is 0 Å².